The highest BCUT2D eigenvalue weighted by molar-refractivity contribution is 6.39. The monoisotopic (exact) mass is 726 g/mol. The van der Waals surface area contributed by atoms with Crippen molar-refractivity contribution in [1.29, 1.82) is 0 Å². The van der Waals surface area contributed by atoms with Crippen LogP contribution in [-0.4, -0.2) is 60.3 Å². The average molecular weight is 728 g/mol. The van der Waals surface area contributed by atoms with Crippen molar-refractivity contribution in [2.24, 2.45) is 11.7 Å². The fourth-order valence-electron chi connectivity index (χ4n) is 4.82. The molecule has 3 rings (SSSR count). The summed E-state index contributed by atoms with van der Waals surface area (Å²) in [5.74, 6) is -3.89. The first kappa shape index (κ1) is 39.5. The molecule has 0 radical (unpaired) electrons. The van der Waals surface area contributed by atoms with Crippen LogP contribution in [0.2, 0.25) is 10.0 Å². The number of halogens is 2. The third-order valence-corrected chi connectivity index (χ3v) is 7.97. The van der Waals surface area contributed by atoms with Gasteiger partial charge >= 0.3 is 12.1 Å². The standard InChI is InChI=1S/C36H40Cl2N4O8/c1-22(2)18-28(42-36(48)50-20-24-12-7-4-8-13-24)33(45)41-29(19-23-10-5-3-6-11-23)34(46)40-27(16-17-31(39)44)30(43)21-49-35(47)32-25(37)14-9-15-26(32)38/h3-15,22,27-29H,16-21H2,1-2H3,(H2,39,44)(H,40,46)(H,41,45)(H,42,48)/t27-,28-,29-/m0/s1. The van der Waals surface area contributed by atoms with Crippen LogP contribution in [0, 0.1) is 5.92 Å². The van der Waals surface area contributed by atoms with Crippen LogP contribution in [0.15, 0.2) is 78.9 Å². The molecule has 5 N–H and O–H groups in total. The van der Waals surface area contributed by atoms with Gasteiger partial charge in [-0.3, -0.25) is 19.2 Å². The summed E-state index contributed by atoms with van der Waals surface area (Å²) in [6, 6.07) is 18.6. The summed E-state index contributed by atoms with van der Waals surface area (Å²) in [5.41, 5.74) is 6.63. The van der Waals surface area contributed by atoms with E-state index in [4.69, 9.17) is 38.4 Å². The molecule has 0 aromatic heterocycles. The number of carbonyl (C=O) groups excluding carboxylic acids is 6. The van der Waals surface area contributed by atoms with E-state index in [9.17, 15) is 28.8 Å². The fraction of sp³-hybridized carbons (Fsp3) is 0.333. The van der Waals surface area contributed by atoms with Crippen molar-refractivity contribution >= 4 is 58.8 Å². The Morgan fingerprint density at radius 3 is 1.84 bits per heavy atom. The van der Waals surface area contributed by atoms with Crippen molar-refractivity contribution in [2.75, 3.05) is 6.61 Å². The van der Waals surface area contributed by atoms with Crippen LogP contribution in [0.1, 0.15) is 54.6 Å². The van der Waals surface area contributed by atoms with Crippen LogP contribution in [-0.2, 0) is 41.7 Å². The Morgan fingerprint density at radius 2 is 1.26 bits per heavy atom. The third kappa shape index (κ3) is 13.2. The van der Waals surface area contributed by atoms with E-state index in [1.54, 1.807) is 54.6 Å². The lowest BCUT2D eigenvalue weighted by Gasteiger charge is -2.26. The molecule has 0 aliphatic rings. The zero-order chi connectivity index (χ0) is 36.6. The summed E-state index contributed by atoms with van der Waals surface area (Å²) in [5, 5.41) is 7.90. The van der Waals surface area contributed by atoms with E-state index >= 15 is 0 Å². The number of ketones is 1. The number of carbonyl (C=O) groups is 6. The number of nitrogens with two attached hydrogens (primary N) is 1. The second kappa shape index (κ2) is 19.9. The maximum Gasteiger partial charge on any atom is 0.408 e. The smallest absolute Gasteiger partial charge is 0.408 e. The Kier molecular flexibility index (Phi) is 15.7. The summed E-state index contributed by atoms with van der Waals surface area (Å²) >= 11 is 12.1. The Morgan fingerprint density at radius 1 is 0.700 bits per heavy atom. The van der Waals surface area contributed by atoms with Crippen molar-refractivity contribution in [1.82, 2.24) is 16.0 Å². The topological polar surface area (TPSA) is 183 Å². The summed E-state index contributed by atoms with van der Waals surface area (Å²) in [6.07, 6.45) is -1.05. The lowest BCUT2D eigenvalue weighted by molar-refractivity contribution is -0.133. The van der Waals surface area contributed by atoms with Gasteiger partial charge in [0.05, 0.1) is 21.7 Å². The molecule has 0 unspecified atom stereocenters. The Balaban J connectivity index is 1.77. The van der Waals surface area contributed by atoms with Crippen LogP contribution in [0.4, 0.5) is 4.79 Å². The third-order valence-electron chi connectivity index (χ3n) is 7.34. The van der Waals surface area contributed by atoms with Gasteiger partial charge in [-0.25, -0.2) is 9.59 Å². The van der Waals surface area contributed by atoms with Gasteiger partial charge in [-0.1, -0.05) is 104 Å². The van der Waals surface area contributed by atoms with Gasteiger partial charge in [0.25, 0.3) is 0 Å². The van der Waals surface area contributed by atoms with Gasteiger partial charge in [0.15, 0.2) is 12.4 Å². The Bertz CT molecular complexity index is 1620. The van der Waals surface area contributed by atoms with Crippen LogP contribution in [0.5, 0.6) is 0 Å². The molecule has 3 atom stereocenters. The molecule has 3 aromatic rings. The van der Waals surface area contributed by atoms with Crippen molar-refractivity contribution in [2.45, 2.75) is 64.3 Å². The number of Topliss-reactive ketones (excluding diaryl/α,β-unsaturated/α-hetero) is 1. The number of hydrogen-bond donors (Lipinski definition) is 4. The summed E-state index contributed by atoms with van der Waals surface area (Å²) < 4.78 is 10.5. The fourth-order valence-corrected chi connectivity index (χ4v) is 5.37. The summed E-state index contributed by atoms with van der Waals surface area (Å²) in [4.78, 5) is 77.6. The number of primary amides is 1. The van der Waals surface area contributed by atoms with Crippen molar-refractivity contribution in [3.8, 4) is 0 Å². The molecule has 0 spiro atoms. The summed E-state index contributed by atoms with van der Waals surface area (Å²) in [6.45, 7) is 2.94. The van der Waals surface area contributed by atoms with E-state index in [1.165, 1.54) is 18.2 Å². The highest BCUT2D eigenvalue weighted by Gasteiger charge is 2.31. The van der Waals surface area contributed by atoms with Gasteiger partial charge in [0, 0.05) is 12.8 Å². The van der Waals surface area contributed by atoms with Crippen LogP contribution < -0.4 is 21.7 Å². The molecule has 0 fully saturated rings. The molecule has 0 aliphatic carbocycles. The van der Waals surface area contributed by atoms with Gasteiger partial charge in [0.1, 0.15) is 18.7 Å². The molecule has 0 bridgehead atoms. The molecular weight excluding hydrogens is 687 g/mol. The number of hydrogen-bond acceptors (Lipinski definition) is 8. The molecule has 3 aromatic carbocycles. The normalized spacial score (nSPS) is 12.6. The molecule has 266 valence electrons. The Labute approximate surface area is 300 Å². The first-order chi connectivity index (χ1) is 23.8. The number of amides is 4. The van der Waals surface area contributed by atoms with E-state index in [2.05, 4.69) is 16.0 Å². The van der Waals surface area contributed by atoms with Crippen LogP contribution in [0.25, 0.3) is 0 Å². The minimum absolute atomic E-state index is 0.0107. The average Bonchev–Trinajstić information content (AvgIpc) is 3.08. The largest absolute Gasteiger partial charge is 0.454 e. The molecule has 4 amide bonds. The number of alkyl carbamates (subject to hydrolysis) is 1. The lowest BCUT2D eigenvalue weighted by atomic mass is 10.0. The lowest BCUT2D eigenvalue weighted by Crippen LogP contribution is -2.57. The highest BCUT2D eigenvalue weighted by atomic mass is 35.5. The number of benzene rings is 3. The first-order valence-corrected chi connectivity index (χ1v) is 16.6. The van der Waals surface area contributed by atoms with E-state index in [0.29, 0.717) is 5.56 Å². The molecule has 0 saturated heterocycles. The number of esters is 1. The SMILES string of the molecule is CC(C)C[C@H](NC(=O)OCc1ccccc1)C(=O)N[C@@H](Cc1ccccc1)C(=O)N[C@@H](CCC(N)=O)C(=O)COC(=O)c1c(Cl)cccc1Cl. The molecular formula is C36H40Cl2N4O8. The van der Waals surface area contributed by atoms with Gasteiger partial charge < -0.3 is 31.2 Å². The quantitative estimate of drug-likeness (QED) is 0.138. The second-order valence-corrected chi connectivity index (χ2v) is 12.7. The van der Waals surface area contributed by atoms with E-state index < -0.39 is 60.3 Å². The van der Waals surface area contributed by atoms with E-state index in [1.807, 2.05) is 19.9 Å². The number of ether oxygens (including phenoxy) is 2. The highest BCUT2D eigenvalue weighted by Crippen LogP contribution is 2.25. The zero-order valence-electron chi connectivity index (χ0n) is 27.7. The van der Waals surface area contributed by atoms with Crippen LogP contribution >= 0.6 is 23.2 Å². The van der Waals surface area contributed by atoms with Crippen molar-refractivity contribution < 1.29 is 38.2 Å². The predicted molar refractivity (Wildman–Crippen MR) is 187 cm³/mol. The molecule has 0 heterocycles. The summed E-state index contributed by atoms with van der Waals surface area (Å²) in [7, 11) is 0. The molecule has 12 nitrogen and oxygen atoms in total. The molecule has 0 aliphatic heterocycles. The van der Waals surface area contributed by atoms with Gasteiger partial charge in [-0.2, -0.15) is 0 Å². The number of nitrogens with one attached hydrogen (secondary N) is 3. The van der Waals surface area contributed by atoms with Crippen molar-refractivity contribution in [3.63, 3.8) is 0 Å². The van der Waals surface area contributed by atoms with E-state index in [0.717, 1.165) is 5.56 Å². The van der Waals surface area contributed by atoms with Crippen LogP contribution in [0.3, 0.4) is 0 Å². The maximum atomic E-state index is 13.8. The minimum Gasteiger partial charge on any atom is -0.454 e. The van der Waals surface area contributed by atoms with Crippen molar-refractivity contribution in [3.05, 3.63) is 106 Å². The predicted octanol–water partition coefficient (Wildman–Crippen LogP) is 4.54. The minimum atomic E-state index is -1.32. The van der Waals surface area contributed by atoms with Gasteiger partial charge in [-0.05, 0) is 42.0 Å². The van der Waals surface area contributed by atoms with Gasteiger partial charge in [-0.15, -0.1) is 0 Å². The number of rotatable bonds is 18. The second-order valence-electron chi connectivity index (χ2n) is 11.8. The molecule has 50 heavy (non-hydrogen) atoms. The van der Waals surface area contributed by atoms with E-state index in [-0.39, 0.29) is 53.8 Å². The maximum absolute atomic E-state index is 13.8. The first-order valence-electron chi connectivity index (χ1n) is 15.9. The van der Waals surface area contributed by atoms with Gasteiger partial charge in [0.2, 0.25) is 17.7 Å². The Hall–Kier alpha value is -4.94. The molecule has 0 saturated carbocycles. The zero-order valence-corrected chi connectivity index (χ0v) is 29.2. The molecule has 14 heteroatoms.